The van der Waals surface area contributed by atoms with Crippen molar-refractivity contribution in [3.05, 3.63) is 48.6 Å². The molecular formula is C57H105NO5. The average Bonchev–Trinajstić information content (AvgIpc) is 3.28. The number of hydrogen-bond donors (Lipinski definition) is 3. The minimum atomic E-state index is -0.791. The maximum absolute atomic E-state index is 13.2. The maximum Gasteiger partial charge on any atom is 0.306 e. The normalized spacial score (nSPS) is 13.5. The number of unbranched alkanes of at least 4 members (excludes halogenated alkanes) is 31. The van der Waals surface area contributed by atoms with Gasteiger partial charge in [-0.2, -0.15) is 0 Å². The van der Waals surface area contributed by atoms with Crippen LogP contribution < -0.4 is 5.32 Å². The number of aliphatic hydroxyl groups is 2. The second-order valence-corrected chi connectivity index (χ2v) is 18.7. The van der Waals surface area contributed by atoms with Gasteiger partial charge in [0.25, 0.3) is 0 Å². The summed E-state index contributed by atoms with van der Waals surface area (Å²) in [4.78, 5) is 26.2. The number of rotatable bonds is 49. The van der Waals surface area contributed by atoms with Gasteiger partial charge in [0.05, 0.1) is 25.2 Å². The highest BCUT2D eigenvalue weighted by Gasteiger charge is 2.24. The van der Waals surface area contributed by atoms with Crippen molar-refractivity contribution in [3.63, 3.8) is 0 Å². The molecule has 63 heavy (non-hydrogen) atoms. The monoisotopic (exact) mass is 884 g/mol. The van der Waals surface area contributed by atoms with Gasteiger partial charge in [0.15, 0.2) is 0 Å². The SMILES string of the molecule is CCCCCCC/C=C/C=C/C=C/CCCCCCCC(=O)OC(CCCCCCCCC/C=C/CCCCCCCC)CC(=O)NC(CO)C(O)CCCCCCCCCCC. The number of allylic oxidation sites excluding steroid dienone is 8. The summed E-state index contributed by atoms with van der Waals surface area (Å²) in [6.45, 7) is 6.45. The molecule has 1 amide bonds. The van der Waals surface area contributed by atoms with Crippen LogP contribution in [0.3, 0.4) is 0 Å². The van der Waals surface area contributed by atoms with Crippen molar-refractivity contribution in [2.75, 3.05) is 6.61 Å². The van der Waals surface area contributed by atoms with Crippen LogP contribution in [0.2, 0.25) is 0 Å². The van der Waals surface area contributed by atoms with Crippen LogP contribution in [-0.4, -0.2) is 46.9 Å². The predicted molar refractivity (Wildman–Crippen MR) is 273 cm³/mol. The fourth-order valence-electron chi connectivity index (χ4n) is 8.25. The molecule has 3 unspecified atom stereocenters. The highest BCUT2D eigenvalue weighted by atomic mass is 16.5. The minimum absolute atomic E-state index is 0.0669. The van der Waals surface area contributed by atoms with Gasteiger partial charge in [0.1, 0.15) is 6.10 Å². The molecule has 0 aliphatic rings. The van der Waals surface area contributed by atoms with Crippen molar-refractivity contribution in [1.82, 2.24) is 5.32 Å². The molecular weight excluding hydrogens is 779 g/mol. The zero-order valence-corrected chi connectivity index (χ0v) is 42.0. The van der Waals surface area contributed by atoms with Crippen molar-refractivity contribution in [2.45, 2.75) is 296 Å². The lowest BCUT2D eigenvalue weighted by Gasteiger charge is -2.24. The van der Waals surface area contributed by atoms with Crippen LogP contribution in [0.25, 0.3) is 0 Å². The summed E-state index contributed by atoms with van der Waals surface area (Å²) in [6, 6.07) is -0.706. The van der Waals surface area contributed by atoms with Crippen molar-refractivity contribution in [1.29, 1.82) is 0 Å². The van der Waals surface area contributed by atoms with Gasteiger partial charge in [-0.1, -0.05) is 236 Å². The summed E-state index contributed by atoms with van der Waals surface area (Å²) in [5.74, 6) is -0.494. The van der Waals surface area contributed by atoms with Gasteiger partial charge in [-0.05, 0) is 77.0 Å². The lowest BCUT2D eigenvalue weighted by atomic mass is 10.0. The molecule has 0 aliphatic heterocycles. The summed E-state index contributed by atoms with van der Waals surface area (Å²) >= 11 is 0. The molecule has 368 valence electrons. The van der Waals surface area contributed by atoms with Crippen molar-refractivity contribution in [2.24, 2.45) is 0 Å². The summed E-state index contributed by atoms with van der Waals surface area (Å²) in [7, 11) is 0. The topological polar surface area (TPSA) is 95.9 Å². The molecule has 0 aromatic carbocycles. The molecule has 0 saturated heterocycles. The van der Waals surface area contributed by atoms with Gasteiger partial charge in [0, 0.05) is 6.42 Å². The highest BCUT2D eigenvalue weighted by molar-refractivity contribution is 5.77. The third-order valence-electron chi connectivity index (χ3n) is 12.4. The third-order valence-corrected chi connectivity index (χ3v) is 12.4. The van der Waals surface area contributed by atoms with E-state index in [0.29, 0.717) is 19.3 Å². The zero-order chi connectivity index (χ0) is 45.9. The molecule has 0 aromatic rings. The Labute approximate surface area is 391 Å². The van der Waals surface area contributed by atoms with E-state index in [0.717, 1.165) is 77.0 Å². The molecule has 0 fully saturated rings. The summed E-state index contributed by atoms with van der Waals surface area (Å²) in [6.07, 6.45) is 61.7. The Bertz CT molecular complexity index is 1080. The quantitative estimate of drug-likeness (QED) is 0.0245. The van der Waals surface area contributed by atoms with Gasteiger partial charge >= 0.3 is 5.97 Å². The number of ether oxygens (including phenoxy) is 1. The number of nitrogens with one attached hydrogen (secondary N) is 1. The van der Waals surface area contributed by atoms with Crippen molar-refractivity contribution in [3.8, 4) is 0 Å². The van der Waals surface area contributed by atoms with Gasteiger partial charge < -0.3 is 20.3 Å². The highest BCUT2D eigenvalue weighted by Crippen LogP contribution is 2.18. The number of hydrogen-bond acceptors (Lipinski definition) is 5. The summed E-state index contributed by atoms with van der Waals surface area (Å²) in [5, 5.41) is 23.7. The molecule has 0 rings (SSSR count). The molecule has 6 nitrogen and oxygen atoms in total. The van der Waals surface area contributed by atoms with Gasteiger partial charge in [-0.25, -0.2) is 0 Å². The number of amides is 1. The molecule has 3 N–H and O–H groups in total. The Morgan fingerprint density at radius 1 is 0.460 bits per heavy atom. The largest absolute Gasteiger partial charge is 0.462 e. The smallest absolute Gasteiger partial charge is 0.306 e. The molecule has 3 atom stereocenters. The second-order valence-electron chi connectivity index (χ2n) is 18.7. The van der Waals surface area contributed by atoms with E-state index in [9.17, 15) is 19.8 Å². The molecule has 0 aromatic heterocycles. The number of aliphatic hydroxyl groups excluding tert-OH is 2. The Morgan fingerprint density at radius 2 is 0.825 bits per heavy atom. The molecule has 0 radical (unpaired) electrons. The van der Waals surface area contributed by atoms with Gasteiger partial charge in [-0.3, -0.25) is 9.59 Å². The van der Waals surface area contributed by atoms with Crippen LogP contribution in [-0.2, 0) is 14.3 Å². The molecule has 0 bridgehead atoms. The van der Waals surface area contributed by atoms with Crippen LogP contribution in [0.5, 0.6) is 0 Å². The Kier molecular flexibility index (Phi) is 49.1. The summed E-state index contributed by atoms with van der Waals surface area (Å²) < 4.78 is 5.94. The minimum Gasteiger partial charge on any atom is -0.462 e. The number of carbonyl (C=O) groups is 2. The average molecular weight is 884 g/mol. The van der Waals surface area contributed by atoms with Gasteiger partial charge in [-0.15, -0.1) is 0 Å². The Hall–Kier alpha value is -2.18. The Morgan fingerprint density at radius 3 is 1.25 bits per heavy atom. The fourth-order valence-corrected chi connectivity index (χ4v) is 8.25. The second kappa shape index (κ2) is 50.8. The first-order valence-corrected chi connectivity index (χ1v) is 27.4. The van der Waals surface area contributed by atoms with Crippen LogP contribution >= 0.6 is 0 Å². The van der Waals surface area contributed by atoms with E-state index in [-0.39, 0.29) is 24.9 Å². The third kappa shape index (κ3) is 46.2. The first-order valence-electron chi connectivity index (χ1n) is 27.4. The van der Waals surface area contributed by atoms with E-state index in [1.807, 2.05) is 0 Å². The first-order chi connectivity index (χ1) is 31.0. The van der Waals surface area contributed by atoms with Crippen LogP contribution in [0.1, 0.15) is 278 Å². The first kappa shape index (κ1) is 60.8. The lowest BCUT2D eigenvalue weighted by Crippen LogP contribution is -2.46. The fraction of sp³-hybridized carbons (Fsp3) is 0.825. The Balaban J connectivity index is 4.59. The van der Waals surface area contributed by atoms with E-state index in [1.165, 1.54) is 154 Å². The molecule has 0 aliphatic carbocycles. The van der Waals surface area contributed by atoms with Crippen LogP contribution in [0.4, 0.5) is 0 Å². The lowest BCUT2D eigenvalue weighted by molar-refractivity contribution is -0.151. The van der Waals surface area contributed by atoms with E-state index in [4.69, 9.17) is 4.74 Å². The molecule has 0 spiro atoms. The summed E-state index contributed by atoms with van der Waals surface area (Å²) in [5.41, 5.74) is 0. The number of esters is 1. The predicted octanol–water partition coefficient (Wildman–Crippen LogP) is 16.6. The standard InChI is InChI=1S/C57H105NO5/c1-4-7-10-13-16-19-21-23-25-27-29-31-33-35-38-41-44-47-50-57(62)63-53(48-45-42-39-37-34-32-30-28-26-24-22-20-17-14-11-8-5-2)51-56(61)58-54(52-59)55(60)49-46-43-40-36-18-15-12-9-6-3/h21,23-27,29,31,53-55,59-60H,4-20,22,28,30,32-52H2,1-3H3,(H,58,61)/b23-21+,26-24+,27-25+,31-29+. The van der Waals surface area contributed by atoms with Gasteiger partial charge in [0.2, 0.25) is 5.91 Å². The van der Waals surface area contributed by atoms with E-state index >= 15 is 0 Å². The zero-order valence-electron chi connectivity index (χ0n) is 42.0. The van der Waals surface area contributed by atoms with Crippen molar-refractivity contribution < 1.29 is 24.5 Å². The van der Waals surface area contributed by atoms with Crippen LogP contribution in [0.15, 0.2) is 48.6 Å². The molecule has 0 heterocycles. The van der Waals surface area contributed by atoms with Crippen LogP contribution in [0, 0.1) is 0 Å². The molecule has 0 saturated carbocycles. The van der Waals surface area contributed by atoms with E-state index in [2.05, 4.69) is 74.7 Å². The van der Waals surface area contributed by atoms with E-state index in [1.54, 1.807) is 0 Å². The maximum atomic E-state index is 13.2. The molecule has 6 heteroatoms. The van der Waals surface area contributed by atoms with E-state index < -0.39 is 18.2 Å². The van der Waals surface area contributed by atoms with Crippen molar-refractivity contribution >= 4 is 11.9 Å². The number of carbonyl (C=O) groups excluding carboxylic acids is 2.